The molecular weight excluding hydrogens is 355 g/mol. The van der Waals surface area contributed by atoms with E-state index in [2.05, 4.69) is 29.4 Å². The van der Waals surface area contributed by atoms with Crippen LogP contribution in [0.1, 0.15) is 36.3 Å². The Hall–Kier alpha value is -2.82. The Bertz CT molecular complexity index is 974. The minimum Gasteiger partial charge on any atom is -0.494 e. The molecule has 1 aromatic heterocycles. The van der Waals surface area contributed by atoms with E-state index in [1.54, 1.807) is 6.07 Å². The fraction of sp³-hybridized carbons (Fsp3) is 0.348. The van der Waals surface area contributed by atoms with Gasteiger partial charge in [-0.25, -0.2) is 4.39 Å². The lowest BCUT2D eigenvalue weighted by Crippen LogP contribution is -2.38. The van der Waals surface area contributed by atoms with Crippen LogP contribution in [0.4, 0.5) is 4.39 Å². The van der Waals surface area contributed by atoms with Gasteiger partial charge < -0.3 is 14.6 Å². The summed E-state index contributed by atoms with van der Waals surface area (Å²) in [4.78, 5) is 17.9. The van der Waals surface area contributed by atoms with Crippen molar-refractivity contribution in [2.45, 2.75) is 31.6 Å². The Balaban J connectivity index is 1.32. The van der Waals surface area contributed by atoms with Crippen LogP contribution in [0.5, 0.6) is 5.75 Å². The first-order valence-corrected chi connectivity index (χ1v) is 9.82. The number of carbonyl (C=O) groups is 1. The second-order valence-electron chi connectivity index (χ2n) is 7.41. The molecule has 1 aliphatic rings. The van der Waals surface area contributed by atoms with Crippen molar-refractivity contribution in [3.63, 3.8) is 0 Å². The number of benzene rings is 2. The minimum absolute atomic E-state index is 0.147. The first kappa shape index (κ1) is 18.5. The lowest BCUT2D eigenvalue weighted by atomic mass is 9.89. The van der Waals surface area contributed by atoms with Gasteiger partial charge in [0.15, 0.2) is 11.6 Å². The van der Waals surface area contributed by atoms with E-state index >= 15 is 0 Å². The summed E-state index contributed by atoms with van der Waals surface area (Å²) in [6.07, 6.45) is 5.02. The fourth-order valence-electron chi connectivity index (χ4n) is 4.15. The van der Waals surface area contributed by atoms with Crippen molar-refractivity contribution in [2.75, 3.05) is 20.2 Å². The summed E-state index contributed by atoms with van der Waals surface area (Å²) in [6, 6.07) is 13.3. The van der Waals surface area contributed by atoms with Crippen LogP contribution in [-0.2, 0) is 11.2 Å². The molecule has 0 spiro atoms. The van der Waals surface area contributed by atoms with Gasteiger partial charge in [0, 0.05) is 36.6 Å². The van der Waals surface area contributed by atoms with Gasteiger partial charge in [0.1, 0.15) is 0 Å². The van der Waals surface area contributed by atoms with Crippen LogP contribution in [-0.4, -0.2) is 36.0 Å². The van der Waals surface area contributed by atoms with Gasteiger partial charge in [0.2, 0.25) is 5.91 Å². The van der Waals surface area contributed by atoms with Crippen molar-refractivity contribution in [3.8, 4) is 5.75 Å². The Morgan fingerprint density at radius 2 is 2.00 bits per heavy atom. The molecule has 146 valence electrons. The van der Waals surface area contributed by atoms with E-state index in [0.717, 1.165) is 31.5 Å². The Labute approximate surface area is 164 Å². The molecule has 2 heterocycles. The number of nitrogens with zero attached hydrogens (tertiary/aromatic N) is 1. The van der Waals surface area contributed by atoms with Crippen LogP contribution in [0.3, 0.4) is 0 Å². The number of halogens is 1. The number of aromatic amines is 1. The number of hydrogen-bond acceptors (Lipinski definition) is 2. The summed E-state index contributed by atoms with van der Waals surface area (Å²) in [5, 5.41) is 1.29. The lowest BCUT2D eigenvalue weighted by Gasteiger charge is -2.32. The maximum absolute atomic E-state index is 13.8. The van der Waals surface area contributed by atoms with E-state index < -0.39 is 0 Å². The number of hydrogen-bond donors (Lipinski definition) is 1. The molecule has 4 nitrogen and oxygen atoms in total. The van der Waals surface area contributed by atoms with Gasteiger partial charge in [-0.3, -0.25) is 4.79 Å². The monoisotopic (exact) mass is 380 g/mol. The molecule has 3 aromatic rings. The number of rotatable bonds is 5. The zero-order chi connectivity index (χ0) is 19.5. The van der Waals surface area contributed by atoms with E-state index in [1.165, 1.54) is 29.6 Å². The number of amides is 1. The standard InChI is InChI=1S/C23H25FN2O2/c1-28-22-8-6-16(14-20(22)24)7-9-23(27)26-12-10-17(11-13-26)19-15-25-21-5-3-2-4-18(19)21/h2-6,8,14-15,17,25H,7,9-13H2,1H3. The van der Waals surface area contributed by atoms with Gasteiger partial charge in [-0.2, -0.15) is 0 Å². The van der Waals surface area contributed by atoms with Crippen LogP contribution in [0.25, 0.3) is 10.9 Å². The van der Waals surface area contributed by atoms with Crippen molar-refractivity contribution in [1.29, 1.82) is 0 Å². The minimum atomic E-state index is -0.382. The second kappa shape index (κ2) is 8.05. The van der Waals surface area contributed by atoms with Crippen molar-refractivity contribution in [3.05, 3.63) is 65.6 Å². The highest BCUT2D eigenvalue weighted by atomic mass is 19.1. The third kappa shape index (κ3) is 3.75. The van der Waals surface area contributed by atoms with Crippen LogP contribution in [0, 0.1) is 5.82 Å². The number of likely N-dealkylation sites (tertiary alicyclic amines) is 1. The summed E-state index contributed by atoms with van der Waals surface area (Å²) in [6.45, 7) is 1.56. The number of ether oxygens (including phenoxy) is 1. The van der Waals surface area contributed by atoms with Crippen molar-refractivity contribution >= 4 is 16.8 Å². The number of fused-ring (bicyclic) bond motifs is 1. The number of aryl methyl sites for hydroxylation is 1. The third-order valence-electron chi connectivity index (χ3n) is 5.75. The summed E-state index contributed by atoms with van der Waals surface area (Å²) in [5.74, 6) is 0.478. The molecule has 0 atom stereocenters. The van der Waals surface area contributed by atoms with Gasteiger partial charge in [-0.05, 0) is 54.5 Å². The molecule has 1 saturated heterocycles. The summed E-state index contributed by atoms with van der Waals surface area (Å²) < 4.78 is 18.7. The average molecular weight is 380 g/mol. The number of piperidine rings is 1. The largest absolute Gasteiger partial charge is 0.494 e. The van der Waals surface area contributed by atoms with Gasteiger partial charge in [-0.15, -0.1) is 0 Å². The number of carbonyl (C=O) groups excluding carboxylic acids is 1. The SMILES string of the molecule is COc1ccc(CCC(=O)N2CCC(c3c[nH]c4ccccc34)CC2)cc1F. The molecule has 5 heteroatoms. The lowest BCUT2D eigenvalue weighted by molar-refractivity contribution is -0.132. The smallest absolute Gasteiger partial charge is 0.222 e. The topological polar surface area (TPSA) is 45.3 Å². The number of aromatic nitrogens is 1. The average Bonchev–Trinajstić information content (AvgIpc) is 3.16. The molecule has 0 radical (unpaired) electrons. The molecule has 4 rings (SSSR count). The van der Waals surface area contributed by atoms with Crippen LogP contribution >= 0.6 is 0 Å². The van der Waals surface area contributed by atoms with Crippen LogP contribution in [0.15, 0.2) is 48.7 Å². The molecule has 1 N–H and O–H groups in total. The van der Waals surface area contributed by atoms with Gasteiger partial charge >= 0.3 is 0 Å². The predicted molar refractivity (Wildman–Crippen MR) is 108 cm³/mol. The highest BCUT2D eigenvalue weighted by molar-refractivity contribution is 5.83. The number of H-pyrrole nitrogens is 1. The van der Waals surface area contributed by atoms with Gasteiger partial charge in [0.05, 0.1) is 7.11 Å². The molecule has 2 aromatic carbocycles. The first-order valence-electron chi connectivity index (χ1n) is 9.82. The zero-order valence-corrected chi connectivity index (χ0v) is 16.1. The third-order valence-corrected chi connectivity index (χ3v) is 5.75. The Morgan fingerprint density at radius 3 is 2.75 bits per heavy atom. The molecular formula is C23H25FN2O2. The van der Waals surface area contributed by atoms with Crippen molar-refractivity contribution < 1.29 is 13.9 Å². The van der Waals surface area contributed by atoms with Gasteiger partial charge in [-0.1, -0.05) is 24.3 Å². The normalized spacial score (nSPS) is 15.1. The molecule has 1 amide bonds. The highest BCUT2D eigenvalue weighted by Gasteiger charge is 2.25. The van der Waals surface area contributed by atoms with Crippen LogP contribution in [0.2, 0.25) is 0 Å². The zero-order valence-electron chi connectivity index (χ0n) is 16.1. The molecule has 0 saturated carbocycles. The maximum Gasteiger partial charge on any atom is 0.222 e. The summed E-state index contributed by atoms with van der Waals surface area (Å²) >= 11 is 0. The molecule has 28 heavy (non-hydrogen) atoms. The van der Waals surface area contributed by atoms with E-state index in [9.17, 15) is 9.18 Å². The van der Waals surface area contributed by atoms with E-state index in [1.807, 2.05) is 17.0 Å². The molecule has 1 fully saturated rings. The van der Waals surface area contributed by atoms with E-state index in [-0.39, 0.29) is 17.5 Å². The number of nitrogens with one attached hydrogen (secondary N) is 1. The number of methoxy groups -OCH3 is 1. The molecule has 0 bridgehead atoms. The van der Waals surface area contributed by atoms with Crippen molar-refractivity contribution in [2.24, 2.45) is 0 Å². The van der Waals surface area contributed by atoms with E-state index in [0.29, 0.717) is 18.8 Å². The van der Waals surface area contributed by atoms with Crippen LogP contribution < -0.4 is 4.74 Å². The molecule has 0 unspecified atom stereocenters. The summed E-state index contributed by atoms with van der Waals surface area (Å²) in [5.41, 5.74) is 3.35. The second-order valence-corrected chi connectivity index (χ2v) is 7.41. The summed E-state index contributed by atoms with van der Waals surface area (Å²) in [7, 11) is 1.45. The Kier molecular flexibility index (Phi) is 5.33. The number of para-hydroxylation sites is 1. The van der Waals surface area contributed by atoms with E-state index in [4.69, 9.17) is 4.74 Å². The molecule has 0 aliphatic carbocycles. The predicted octanol–water partition coefficient (Wildman–Crippen LogP) is 4.65. The quantitative estimate of drug-likeness (QED) is 0.700. The molecule has 1 aliphatic heterocycles. The highest BCUT2D eigenvalue weighted by Crippen LogP contribution is 2.33. The van der Waals surface area contributed by atoms with Gasteiger partial charge in [0.25, 0.3) is 0 Å². The maximum atomic E-state index is 13.8. The first-order chi connectivity index (χ1) is 13.7. The Morgan fingerprint density at radius 1 is 1.21 bits per heavy atom. The van der Waals surface area contributed by atoms with Crippen molar-refractivity contribution in [1.82, 2.24) is 9.88 Å². The fourth-order valence-corrected chi connectivity index (χ4v) is 4.15.